The number of nitrogens with zero attached hydrogens (tertiary/aromatic N) is 2. The third-order valence-corrected chi connectivity index (χ3v) is 10.7. The molecule has 2 heterocycles. The van der Waals surface area contributed by atoms with Gasteiger partial charge in [0.1, 0.15) is 17.1 Å². The Labute approximate surface area is 251 Å². The van der Waals surface area contributed by atoms with E-state index in [2.05, 4.69) is 15.9 Å². The smallest absolute Gasteiger partial charge is 0.339 e. The largest absolute Gasteiger partial charge is 0.508 e. The second-order valence-electron chi connectivity index (χ2n) is 10.7. The number of anilines is 1. The van der Waals surface area contributed by atoms with Crippen molar-refractivity contribution in [3.63, 3.8) is 0 Å². The van der Waals surface area contributed by atoms with E-state index in [1.54, 1.807) is 18.2 Å². The lowest BCUT2D eigenvalue weighted by atomic mass is 9.56. The van der Waals surface area contributed by atoms with Crippen LogP contribution in [0.25, 0.3) is 0 Å². The highest BCUT2D eigenvalue weighted by atomic mass is 79.9. The van der Waals surface area contributed by atoms with Gasteiger partial charge >= 0.3 is 5.97 Å². The Morgan fingerprint density at radius 1 is 0.976 bits per heavy atom. The van der Waals surface area contributed by atoms with Gasteiger partial charge in [-0.25, -0.2) is 9.69 Å². The third kappa shape index (κ3) is 3.52. The number of amides is 4. The Kier molecular flexibility index (Phi) is 6.12. The van der Waals surface area contributed by atoms with Crippen LogP contribution in [0.15, 0.2) is 52.5 Å². The van der Waals surface area contributed by atoms with Crippen molar-refractivity contribution in [3.8, 4) is 11.5 Å². The first-order chi connectivity index (χ1) is 19.2. The second kappa shape index (κ2) is 9.04. The molecule has 0 radical (unpaired) electrons. The van der Waals surface area contributed by atoms with Crippen LogP contribution in [0.5, 0.6) is 11.5 Å². The molecule has 6 rings (SSSR count). The fraction of sp³-hybridized carbons (Fsp3) is 0.321. The van der Waals surface area contributed by atoms with E-state index in [0.29, 0.717) is 10.0 Å². The molecule has 2 aromatic rings. The van der Waals surface area contributed by atoms with Crippen molar-refractivity contribution in [2.75, 3.05) is 11.9 Å². The number of aromatic carboxylic acids is 1. The Morgan fingerprint density at radius 2 is 1.68 bits per heavy atom. The van der Waals surface area contributed by atoms with Gasteiger partial charge in [0.15, 0.2) is 9.75 Å². The van der Waals surface area contributed by atoms with Crippen LogP contribution in [0.1, 0.15) is 34.7 Å². The lowest BCUT2D eigenvalue weighted by Gasteiger charge is -2.50. The van der Waals surface area contributed by atoms with Crippen molar-refractivity contribution in [1.82, 2.24) is 4.90 Å². The highest BCUT2D eigenvalue weighted by molar-refractivity contribution is 9.10. The van der Waals surface area contributed by atoms with E-state index < -0.39 is 74.3 Å². The van der Waals surface area contributed by atoms with Crippen LogP contribution < -0.4 is 4.90 Å². The van der Waals surface area contributed by atoms with Crippen LogP contribution in [-0.4, -0.2) is 66.6 Å². The molecule has 1 saturated carbocycles. The molecule has 4 aliphatic rings. The molecule has 212 valence electrons. The van der Waals surface area contributed by atoms with Gasteiger partial charge in [0.25, 0.3) is 11.8 Å². The molecule has 4 amide bonds. The van der Waals surface area contributed by atoms with Crippen molar-refractivity contribution < 1.29 is 39.3 Å². The van der Waals surface area contributed by atoms with Gasteiger partial charge in [-0.05, 0) is 49.1 Å². The van der Waals surface area contributed by atoms with Gasteiger partial charge in [-0.3, -0.25) is 24.1 Å². The number of carboxylic acids is 1. The van der Waals surface area contributed by atoms with Crippen LogP contribution in [0.2, 0.25) is 0 Å². The normalized spacial score (nSPS) is 32.5. The first kappa shape index (κ1) is 27.7. The topological polar surface area (TPSA) is 153 Å². The highest BCUT2D eigenvalue weighted by Gasteiger charge is 2.76. The van der Waals surface area contributed by atoms with Gasteiger partial charge in [0, 0.05) is 29.1 Å². The first-order valence-electron chi connectivity index (χ1n) is 12.6. The zero-order valence-corrected chi connectivity index (χ0v) is 24.3. The molecule has 3 N–H and O–H groups in total. The van der Waals surface area contributed by atoms with E-state index in [1.807, 2.05) is 0 Å². The van der Waals surface area contributed by atoms with E-state index in [9.17, 15) is 39.3 Å². The molecule has 0 spiro atoms. The lowest BCUT2D eigenvalue weighted by Crippen LogP contribution is -2.60. The zero-order chi connectivity index (χ0) is 29.8. The van der Waals surface area contributed by atoms with Crippen LogP contribution in [-0.2, 0) is 19.2 Å². The molecular weight excluding hydrogens is 643 g/mol. The van der Waals surface area contributed by atoms with Gasteiger partial charge in [0.05, 0.1) is 17.5 Å². The van der Waals surface area contributed by atoms with Gasteiger partial charge in [-0.2, -0.15) is 0 Å². The Balaban J connectivity index is 1.50. The van der Waals surface area contributed by atoms with E-state index in [-0.39, 0.29) is 29.8 Å². The van der Waals surface area contributed by atoms with Crippen molar-refractivity contribution in [3.05, 3.63) is 63.6 Å². The van der Waals surface area contributed by atoms with Crippen LogP contribution in [0.3, 0.4) is 0 Å². The molecule has 2 aliphatic carbocycles. The summed E-state index contributed by atoms with van der Waals surface area (Å²) in [6, 6.07) is 7.97. The molecule has 6 atom stereocenters. The molecule has 0 bridgehead atoms. The van der Waals surface area contributed by atoms with Crippen LogP contribution in [0.4, 0.5) is 5.69 Å². The predicted octanol–water partition coefficient (Wildman–Crippen LogP) is 3.75. The highest BCUT2D eigenvalue weighted by Crippen LogP contribution is 2.66. The number of likely N-dealkylation sites (tertiary alicyclic amines) is 1. The summed E-state index contributed by atoms with van der Waals surface area (Å²) in [5.74, 6) is -8.62. The molecule has 0 aromatic heterocycles. The maximum absolute atomic E-state index is 14.0. The average molecular weight is 664 g/mol. The number of carboxylic acid groups (broad SMARTS) is 1. The number of fused-ring (bicyclic) bond motifs is 4. The number of phenolic OH excluding ortho intramolecular Hbond substituents is 1. The van der Waals surface area contributed by atoms with Crippen molar-refractivity contribution in [2.24, 2.45) is 17.8 Å². The summed E-state index contributed by atoms with van der Waals surface area (Å²) in [6.07, 6.45) is 1.61. The molecule has 41 heavy (non-hydrogen) atoms. The fourth-order valence-corrected chi connectivity index (χ4v) is 8.33. The molecular formula is C28H21BrCl2N2O8. The quantitative estimate of drug-likeness (QED) is 0.255. The summed E-state index contributed by atoms with van der Waals surface area (Å²) in [5, 5.41) is 30.4. The number of carbonyl (C=O) groups excluding carboxylic acids is 4. The number of benzene rings is 2. The monoisotopic (exact) mass is 662 g/mol. The average Bonchev–Trinajstić information content (AvgIpc) is 3.25. The summed E-state index contributed by atoms with van der Waals surface area (Å²) < 4.78 is 0.565. The van der Waals surface area contributed by atoms with Crippen LogP contribution >= 0.6 is 39.1 Å². The number of phenols is 2. The van der Waals surface area contributed by atoms with Gasteiger partial charge in [0.2, 0.25) is 11.8 Å². The number of halogens is 3. The molecule has 2 aromatic carbocycles. The summed E-state index contributed by atoms with van der Waals surface area (Å²) in [7, 11) is 1.27. The van der Waals surface area contributed by atoms with Gasteiger partial charge in [-0.15, -0.1) is 23.2 Å². The zero-order valence-electron chi connectivity index (χ0n) is 21.2. The maximum atomic E-state index is 14.0. The molecule has 10 nitrogen and oxygen atoms in total. The summed E-state index contributed by atoms with van der Waals surface area (Å²) in [6.45, 7) is 0. The molecule has 6 unspecified atom stereocenters. The number of carbonyl (C=O) groups is 5. The molecule has 13 heteroatoms. The van der Waals surface area contributed by atoms with E-state index in [0.717, 1.165) is 21.9 Å². The Morgan fingerprint density at radius 3 is 2.34 bits per heavy atom. The summed E-state index contributed by atoms with van der Waals surface area (Å²) in [4.78, 5) is 63.7. The van der Waals surface area contributed by atoms with E-state index in [4.69, 9.17) is 23.2 Å². The number of rotatable bonds is 3. The van der Waals surface area contributed by atoms with Gasteiger partial charge in [-0.1, -0.05) is 27.6 Å². The minimum Gasteiger partial charge on any atom is -0.508 e. The predicted molar refractivity (Wildman–Crippen MR) is 149 cm³/mol. The van der Waals surface area contributed by atoms with E-state index >= 15 is 0 Å². The number of aromatic hydroxyl groups is 2. The molecule has 3 fully saturated rings. The standard InChI is InChI=1S/C28H21BrCl2N2O8/c1-32-25(40)27(30)10-17-13(21(28(27,31)26(32)41)16-8-11(29)2-7-18(16)34)5-6-15-20(17)23(37)33(22(15)36)12-3-4-14(24(38)39)19(35)9-12/h2-5,7-9,15,17,20-21,34-35H,6,10H2,1H3,(H,38,39). The van der Waals surface area contributed by atoms with Crippen molar-refractivity contribution in [2.45, 2.75) is 28.5 Å². The summed E-state index contributed by atoms with van der Waals surface area (Å²) >= 11 is 17.6. The maximum Gasteiger partial charge on any atom is 0.339 e. The van der Waals surface area contributed by atoms with E-state index in [1.165, 1.54) is 19.2 Å². The van der Waals surface area contributed by atoms with Crippen molar-refractivity contribution in [1.29, 1.82) is 0 Å². The third-order valence-electron chi connectivity index (χ3n) is 8.78. The first-order valence-corrected chi connectivity index (χ1v) is 14.1. The Hall–Kier alpha value is -3.41. The molecule has 2 saturated heterocycles. The molecule has 2 aliphatic heterocycles. The number of imide groups is 2. The fourth-order valence-electron chi connectivity index (χ4n) is 6.94. The number of allylic oxidation sites excluding steroid dienone is 2. The summed E-state index contributed by atoms with van der Waals surface area (Å²) in [5.41, 5.74) is 0.339. The van der Waals surface area contributed by atoms with Crippen molar-refractivity contribution >= 4 is 74.4 Å². The number of alkyl halides is 2. The SMILES string of the molecule is CN1C(=O)C2(Cl)CC3C(=CCC4C(=O)N(c5ccc(C(=O)O)c(O)c5)C(=O)C43)C(c3cc(Br)ccc3O)C2(Cl)C1=O. The number of hydrogen-bond donors (Lipinski definition) is 3. The lowest BCUT2D eigenvalue weighted by molar-refractivity contribution is -0.138. The number of hydrogen-bond acceptors (Lipinski definition) is 7. The minimum atomic E-state index is -2.03. The van der Waals surface area contributed by atoms with Gasteiger partial charge < -0.3 is 15.3 Å². The van der Waals surface area contributed by atoms with Crippen LogP contribution in [0, 0.1) is 17.8 Å². The Bertz CT molecular complexity index is 1640. The minimum absolute atomic E-state index is 0.00502. The second-order valence-corrected chi connectivity index (χ2v) is 12.9.